The molecule has 4 nitrogen and oxygen atoms in total. The number of hydrogen-bond acceptors (Lipinski definition) is 3. The van der Waals surface area contributed by atoms with Gasteiger partial charge >= 0.3 is 5.97 Å². The van der Waals surface area contributed by atoms with Crippen molar-refractivity contribution in [3.63, 3.8) is 0 Å². The lowest BCUT2D eigenvalue weighted by molar-refractivity contribution is -0.160. The molecule has 56 valence electrons. The average Bonchev–Trinajstić information content (AvgIpc) is 2.13. The molecule has 0 saturated heterocycles. The summed E-state index contributed by atoms with van der Waals surface area (Å²) < 4.78 is 0.539. The Kier molecular flexibility index (Phi) is 1.68. The Labute approximate surface area is 66.0 Å². The zero-order valence-corrected chi connectivity index (χ0v) is 6.88. The van der Waals surface area contributed by atoms with E-state index < -0.39 is 11.6 Å². The molecule has 5 heteroatoms. The zero-order chi connectivity index (χ0) is 7.78. The average molecular weight is 208 g/mol. The standard InChI is InChI=1S/C5H6BrNO3/c1-5(4(8)9)2-3(6)7-10-5/h2H2,1H3,(H,8,9). The fourth-order valence-corrected chi connectivity index (χ4v) is 1.22. The number of carboxylic acid groups (broad SMARTS) is 1. The molecule has 1 aliphatic rings. The van der Waals surface area contributed by atoms with Gasteiger partial charge in [0.25, 0.3) is 0 Å². The van der Waals surface area contributed by atoms with Crippen molar-refractivity contribution >= 4 is 26.5 Å². The minimum atomic E-state index is -1.17. The third-order valence-corrected chi connectivity index (χ3v) is 1.71. The number of nitrogens with zero attached hydrogens (tertiary/aromatic N) is 1. The van der Waals surface area contributed by atoms with Crippen molar-refractivity contribution in [2.24, 2.45) is 5.16 Å². The third kappa shape index (κ3) is 1.13. The first-order valence-electron chi connectivity index (χ1n) is 2.68. The van der Waals surface area contributed by atoms with Crippen LogP contribution in [0.4, 0.5) is 0 Å². The van der Waals surface area contributed by atoms with Gasteiger partial charge in [-0.25, -0.2) is 4.79 Å². The van der Waals surface area contributed by atoms with Crippen LogP contribution in [0.2, 0.25) is 0 Å². The fraction of sp³-hybridized carbons (Fsp3) is 0.600. The Morgan fingerprint density at radius 2 is 2.60 bits per heavy atom. The number of aliphatic carboxylic acids is 1. The minimum Gasteiger partial charge on any atom is -0.478 e. The predicted octanol–water partition coefficient (Wildman–Crippen LogP) is 0.958. The number of halogens is 1. The molecule has 0 aromatic rings. The maximum absolute atomic E-state index is 10.4. The Morgan fingerprint density at radius 1 is 2.00 bits per heavy atom. The van der Waals surface area contributed by atoms with Gasteiger partial charge in [-0.05, 0) is 22.9 Å². The maximum Gasteiger partial charge on any atom is 0.351 e. The minimum absolute atomic E-state index is 0.294. The van der Waals surface area contributed by atoms with Crippen LogP contribution >= 0.6 is 15.9 Å². The van der Waals surface area contributed by atoms with Crippen molar-refractivity contribution in [2.75, 3.05) is 0 Å². The van der Waals surface area contributed by atoms with Gasteiger partial charge in [0.05, 0.1) is 6.42 Å². The molecular formula is C5H6BrNO3. The van der Waals surface area contributed by atoms with Gasteiger partial charge in [0.1, 0.15) is 4.62 Å². The SMILES string of the molecule is CC1(C(=O)O)CC(Br)=NO1. The van der Waals surface area contributed by atoms with Crippen molar-refractivity contribution < 1.29 is 14.7 Å². The molecule has 0 spiro atoms. The molecule has 0 aromatic carbocycles. The summed E-state index contributed by atoms with van der Waals surface area (Å²) in [5.74, 6) is -0.995. The van der Waals surface area contributed by atoms with Gasteiger partial charge in [-0.15, -0.1) is 0 Å². The number of carboxylic acids is 1. The number of hydrogen-bond donors (Lipinski definition) is 1. The molecule has 1 heterocycles. The van der Waals surface area contributed by atoms with E-state index in [9.17, 15) is 4.79 Å². The smallest absolute Gasteiger partial charge is 0.351 e. The molecule has 0 amide bonds. The van der Waals surface area contributed by atoms with E-state index in [-0.39, 0.29) is 0 Å². The molecule has 0 radical (unpaired) electrons. The molecule has 1 N–H and O–H groups in total. The largest absolute Gasteiger partial charge is 0.478 e. The third-order valence-electron chi connectivity index (χ3n) is 1.28. The van der Waals surface area contributed by atoms with Crippen molar-refractivity contribution in [3.05, 3.63) is 0 Å². The second kappa shape index (κ2) is 2.23. The van der Waals surface area contributed by atoms with Gasteiger partial charge in [0.15, 0.2) is 0 Å². The first-order chi connectivity index (χ1) is 4.54. The summed E-state index contributed by atoms with van der Waals surface area (Å²) in [4.78, 5) is 15.1. The van der Waals surface area contributed by atoms with Gasteiger partial charge in [-0.2, -0.15) is 0 Å². The quantitative estimate of drug-likeness (QED) is 0.697. The maximum atomic E-state index is 10.4. The normalized spacial score (nSPS) is 31.2. The van der Waals surface area contributed by atoms with E-state index in [1.807, 2.05) is 0 Å². The zero-order valence-electron chi connectivity index (χ0n) is 5.30. The Balaban J connectivity index is 2.70. The van der Waals surface area contributed by atoms with Crippen LogP contribution in [-0.4, -0.2) is 21.3 Å². The van der Waals surface area contributed by atoms with Crippen molar-refractivity contribution in [3.8, 4) is 0 Å². The summed E-state index contributed by atoms with van der Waals surface area (Å²) in [7, 11) is 0. The van der Waals surface area contributed by atoms with Crippen molar-refractivity contribution in [1.29, 1.82) is 0 Å². The lowest BCUT2D eigenvalue weighted by atomic mass is 10.1. The molecule has 0 fully saturated rings. The van der Waals surface area contributed by atoms with Crippen LogP contribution in [0.15, 0.2) is 5.16 Å². The lowest BCUT2D eigenvalue weighted by Crippen LogP contribution is -2.34. The highest BCUT2D eigenvalue weighted by Gasteiger charge is 2.41. The fourth-order valence-electron chi connectivity index (χ4n) is 0.608. The van der Waals surface area contributed by atoms with Gasteiger partial charge in [0.2, 0.25) is 5.60 Å². The Morgan fingerprint density at radius 3 is 2.80 bits per heavy atom. The molecular weight excluding hydrogens is 202 g/mol. The van der Waals surface area contributed by atoms with Crippen LogP contribution in [0, 0.1) is 0 Å². The van der Waals surface area contributed by atoms with E-state index in [0.29, 0.717) is 11.0 Å². The molecule has 1 aliphatic heterocycles. The summed E-state index contributed by atoms with van der Waals surface area (Å²) in [6.45, 7) is 1.48. The van der Waals surface area contributed by atoms with Gasteiger partial charge in [0, 0.05) is 0 Å². The van der Waals surface area contributed by atoms with Crippen LogP contribution in [0.3, 0.4) is 0 Å². The summed E-state index contributed by atoms with van der Waals surface area (Å²) in [5.41, 5.74) is -1.17. The Hall–Kier alpha value is -0.580. The van der Waals surface area contributed by atoms with E-state index in [4.69, 9.17) is 5.11 Å². The highest BCUT2D eigenvalue weighted by Crippen LogP contribution is 2.25. The van der Waals surface area contributed by atoms with E-state index >= 15 is 0 Å². The van der Waals surface area contributed by atoms with Crippen LogP contribution in [0.25, 0.3) is 0 Å². The van der Waals surface area contributed by atoms with E-state index in [0.717, 1.165) is 0 Å². The lowest BCUT2D eigenvalue weighted by Gasteiger charge is -2.13. The van der Waals surface area contributed by atoms with Gasteiger partial charge in [-0.1, -0.05) is 5.16 Å². The second-order valence-electron chi connectivity index (χ2n) is 2.27. The highest BCUT2D eigenvalue weighted by atomic mass is 79.9. The topological polar surface area (TPSA) is 58.9 Å². The first kappa shape index (κ1) is 7.53. The van der Waals surface area contributed by atoms with Crippen molar-refractivity contribution in [1.82, 2.24) is 0 Å². The molecule has 0 bridgehead atoms. The molecule has 0 aliphatic carbocycles. The monoisotopic (exact) mass is 207 g/mol. The van der Waals surface area contributed by atoms with Crippen LogP contribution in [0.1, 0.15) is 13.3 Å². The van der Waals surface area contributed by atoms with E-state index in [1.165, 1.54) is 6.92 Å². The molecule has 0 aromatic heterocycles. The predicted molar refractivity (Wildman–Crippen MR) is 38.1 cm³/mol. The summed E-state index contributed by atoms with van der Waals surface area (Å²) in [6.07, 6.45) is 0.294. The number of carbonyl (C=O) groups is 1. The van der Waals surface area contributed by atoms with Crippen molar-refractivity contribution in [2.45, 2.75) is 18.9 Å². The van der Waals surface area contributed by atoms with Crippen LogP contribution < -0.4 is 0 Å². The molecule has 0 saturated carbocycles. The molecule has 1 atom stereocenters. The summed E-state index contributed by atoms with van der Waals surface area (Å²) in [5, 5.41) is 12.0. The highest BCUT2D eigenvalue weighted by molar-refractivity contribution is 9.18. The molecule has 1 rings (SSSR count). The molecule has 1 unspecified atom stereocenters. The first-order valence-corrected chi connectivity index (χ1v) is 3.48. The summed E-state index contributed by atoms with van der Waals surface area (Å²) >= 11 is 3.04. The number of oxime groups is 1. The van der Waals surface area contributed by atoms with E-state index in [1.54, 1.807) is 0 Å². The van der Waals surface area contributed by atoms with Crippen LogP contribution in [-0.2, 0) is 9.63 Å². The van der Waals surface area contributed by atoms with Gasteiger partial charge < -0.3 is 9.94 Å². The summed E-state index contributed by atoms with van der Waals surface area (Å²) in [6, 6.07) is 0. The van der Waals surface area contributed by atoms with Gasteiger partial charge in [-0.3, -0.25) is 0 Å². The molecule has 10 heavy (non-hydrogen) atoms. The van der Waals surface area contributed by atoms with E-state index in [2.05, 4.69) is 25.9 Å². The number of rotatable bonds is 1. The van der Waals surface area contributed by atoms with Crippen LogP contribution in [0.5, 0.6) is 0 Å². The second-order valence-corrected chi connectivity index (χ2v) is 3.19. The Bertz CT molecular complexity index is 203.